The number of hydrogen-bond donors (Lipinski definition) is 1. The highest BCUT2D eigenvalue weighted by Crippen LogP contribution is 2.26. The summed E-state index contributed by atoms with van der Waals surface area (Å²) < 4.78 is 0. The van der Waals surface area contributed by atoms with E-state index in [1.54, 1.807) is 5.56 Å². The van der Waals surface area contributed by atoms with Crippen molar-refractivity contribution in [1.82, 2.24) is 10.2 Å². The first kappa shape index (κ1) is 16.0. The first-order chi connectivity index (χ1) is 9.58. The van der Waals surface area contributed by atoms with Gasteiger partial charge in [0.15, 0.2) is 0 Å². The van der Waals surface area contributed by atoms with Crippen LogP contribution in [-0.2, 0) is 13.1 Å². The minimum atomic E-state index is 0.563. The van der Waals surface area contributed by atoms with Gasteiger partial charge >= 0.3 is 0 Å². The molecule has 1 aliphatic rings. The van der Waals surface area contributed by atoms with Crippen LogP contribution in [-0.4, -0.2) is 24.0 Å². The summed E-state index contributed by atoms with van der Waals surface area (Å²) in [5.74, 6) is 0.921. The molecule has 1 aliphatic heterocycles. The molecular weight excluding hydrogens is 264 g/mol. The Morgan fingerprint density at radius 1 is 1.45 bits per heavy atom. The average molecular weight is 295 g/mol. The summed E-state index contributed by atoms with van der Waals surface area (Å²) in [7, 11) is 0. The number of hydrogen-bond acceptors (Lipinski definition) is 3. The van der Waals surface area contributed by atoms with Crippen molar-refractivity contribution in [1.29, 1.82) is 0 Å². The predicted molar refractivity (Wildman–Crippen MR) is 89.3 cm³/mol. The molecule has 1 atom stereocenters. The second-order valence-electron chi connectivity index (χ2n) is 6.48. The van der Waals surface area contributed by atoms with Gasteiger partial charge in [-0.2, -0.15) is 0 Å². The van der Waals surface area contributed by atoms with E-state index in [4.69, 9.17) is 0 Å². The lowest BCUT2D eigenvalue weighted by atomic mass is 9.95. The summed E-state index contributed by atoms with van der Waals surface area (Å²) in [5, 5.41) is 3.52. The summed E-state index contributed by atoms with van der Waals surface area (Å²) in [4.78, 5) is 5.64. The molecule has 2 rings (SSSR count). The van der Waals surface area contributed by atoms with E-state index < -0.39 is 0 Å². The molecule has 0 aromatic carbocycles. The SMILES string of the molecule is CCC1CCCN(Cc2cc(CNC(C)C)sc2C)C1. The van der Waals surface area contributed by atoms with Gasteiger partial charge in [0.25, 0.3) is 0 Å². The number of nitrogens with zero attached hydrogens (tertiary/aromatic N) is 1. The lowest BCUT2D eigenvalue weighted by Crippen LogP contribution is -2.34. The molecule has 1 aromatic heterocycles. The van der Waals surface area contributed by atoms with Gasteiger partial charge in [0.05, 0.1) is 0 Å². The zero-order valence-electron chi connectivity index (χ0n) is 13.5. The Hall–Kier alpha value is -0.380. The van der Waals surface area contributed by atoms with Crippen molar-refractivity contribution in [3.63, 3.8) is 0 Å². The molecule has 1 aromatic rings. The molecule has 1 N–H and O–H groups in total. The molecule has 1 saturated heterocycles. The van der Waals surface area contributed by atoms with Crippen molar-refractivity contribution in [3.8, 4) is 0 Å². The van der Waals surface area contributed by atoms with E-state index in [1.807, 2.05) is 11.3 Å². The van der Waals surface area contributed by atoms with E-state index >= 15 is 0 Å². The lowest BCUT2D eigenvalue weighted by Gasteiger charge is -2.32. The highest BCUT2D eigenvalue weighted by molar-refractivity contribution is 7.12. The van der Waals surface area contributed by atoms with E-state index in [-0.39, 0.29) is 0 Å². The molecule has 20 heavy (non-hydrogen) atoms. The van der Waals surface area contributed by atoms with Gasteiger partial charge in [-0.1, -0.05) is 27.2 Å². The Kier molecular flexibility index (Phi) is 6.06. The molecule has 1 fully saturated rings. The second kappa shape index (κ2) is 7.58. The summed E-state index contributed by atoms with van der Waals surface area (Å²) in [6.45, 7) is 13.8. The first-order valence-corrected chi connectivity index (χ1v) is 8.94. The zero-order chi connectivity index (χ0) is 14.5. The van der Waals surface area contributed by atoms with Crippen LogP contribution in [0.1, 0.15) is 55.4 Å². The molecular formula is C17H30N2S. The molecule has 0 aliphatic carbocycles. The Balaban J connectivity index is 1.91. The van der Waals surface area contributed by atoms with E-state index in [9.17, 15) is 0 Å². The Labute approximate surface area is 128 Å². The largest absolute Gasteiger partial charge is 0.310 e. The van der Waals surface area contributed by atoms with Gasteiger partial charge in [0.1, 0.15) is 0 Å². The van der Waals surface area contributed by atoms with Crippen LogP contribution in [0.3, 0.4) is 0 Å². The second-order valence-corrected chi connectivity index (χ2v) is 7.82. The summed E-state index contributed by atoms with van der Waals surface area (Å²) in [6.07, 6.45) is 4.14. The maximum atomic E-state index is 3.52. The Bertz CT molecular complexity index is 411. The molecule has 1 unspecified atom stereocenters. The standard InChI is InChI=1S/C17H30N2S/c1-5-15-7-6-8-19(11-15)12-16-9-17(20-14(16)4)10-18-13(2)3/h9,13,15,18H,5-8,10-12H2,1-4H3. The molecule has 2 heterocycles. The van der Waals surface area contributed by atoms with Crippen LogP contribution in [0.2, 0.25) is 0 Å². The van der Waals surface area contributed by atoms with Crippen LogP contribution >= 0.6 is 11.3 Å². The first-order valence-electron chi connectivity index (χ1n) is 8.12. The summed E-state index contributed by atoms with van der Waals surface area (Å²) >= 11 is 1.96. The topological polar surface area (TPSA) is 15.3 Å². The van der Waals surface area contributed by atoms with Crippen molar-refractivity contribution in [2.24, 2.45) is 5.92 Å². The van der Waals surface area contributed by atoms with Crippen molar-refractivity contribution in [2.75, 3.05) is 13.1 Å². The van der Waals surface area contributed by atoms with E-state index in [0.717, 1.165) is 19.0 Å². The van der Waals surface area contributed by atoms with Crippen LogP contribution < -0.4 is 5.32 Å². The smallest absolute Gasteiger partial charge is 0.0302 e. The number of aryl methyl sites for hydroxylation is 1. The molecule has 3 heteroatoms. The molecule has 2 nitrogen and oxygen atoms in total. The molecule has 0 amide bonds. The monoisotopic (exact) mass is 294 g/mol. The van der Waals surface area contributed by atoms with Gasteiger partial charge in [-0.3, -0.25) is 4.90 Å². The maximum Gasteiger partial charge on any atom is 0.0302 e. The average Bonchev–Trinajstić information content (AvgIpc) is 2.77. The van der Waals surface area contributed by atoms with Gasteiger partial charge in [-0.05, 0) is 43.9 Å². The van der Waals surface area contributed by atoms with Gasteiger partial charge < -0.3 is 5.32 Å². The maximum absolute atomic E-state index is 3.52. The minimum absolute atomic E-state index is 0.563. The summed E-state index contributed by atoms with van der Waals surface area (Å²) in [6, 6.07) is 2.98. The molecule has 0 saturated carbocycles. The van der Waals surface area contributed by atoms with Crippen LogP contribution in [0.15, 0.2) is 6.07 Å². The number of thiophene rings is 1. The van der Waals surface area contributed by atoms with Crippen molar-refractivity contribution in [3.05, 3.63) is 21.4 Å². The fraction of sp³-hybridized carbons (Fsp3) is 0.765. The van der Waals surface area contributed by atoms with Crippen molar-refractivity contribution in [2.45, 2.75) is 66.1 Å². The normalized spacial score (nSPS) is 20.8. The molecule has 114 valence electrons. The highest BCUT2D eigenvalue weighted by Gasteiger charge is 2.19. The van der Waals surface area contributed by atoms with Crippen molar-refractivity contribution < 1.29 is 0 Å². The fourth-order valence-electron chi connectivity index (χ4n) is 3.01. The van der Waals surface area contributed by atoms with Gasteiger partial charge in [0.2, 0.25) is 0 Å². The number of likely N-dealkylation sites (tertiary alicyclic amines) is 1. The number of rotatable bonds is 6. The highest BCUT2D eigenvalue weighted by atomic mass is 32.1. The van der Waals surface area contributed by atoms with Crippen LogP contribution in [0.5, 0.6) is 0 Å². The third-order valence-corrected chi connectivity index (χ3v) is 5.42. The Morgan fingerprint density at radius 2 is 2.25 bits per heavy atom. The van der Waals surface area contributed by atoms with E-state index in [2.05, 4.69) is 44.0 Å². The predicted octanol–water partition coefficient (Wildman–Crippen LogP) is 4.18. The fourth-order valence-corrected chi connectivity index (χ4v) is 4.01. The molecule has 0 spiro atoms. The van der Waals surface area contributed by atoms with Crippen LogP contribution in [0.4, 0.5) is 0 Å². The third kappa shape index (κ3) is 4.57. The number of nitrogens with one attached hydrogen (secondary N) is 1. The number of piperidine rings is 1. The van der Waals surface area contributed by atoms with Crippen molar-refractivity contribution >= 4 is 11.3 Å². The van der Waals surface area contributed by atoms with Gasteiger partial charge in [-0.25, -0.2) is 0 Å². The molecule has 0 radical (unpaired) electrons. The Morgan fingerprint density at radius 3 is 2.95 bits per heavy atom. The zero-order valence-corrected chi connectivity index (χ0v) is 14.4. The van der Waals surface area contributed by atoms with Crippen LogP contribution in [0, 0.1) is 12.8 Å². The summed E-state index contributed by atoms with van der Waals surface area (Å²) in [5.41, 5.74) is 1.55. The van der Waals surface area contributed by atoms with Gasteiger partial charge in [0, 0.05) is 35.4 Å². The van der Waals surface area contributed by atoms with Crippen LogP contribution in [0.25, 0.3) is 0 Å². The minimum Gasteiger partial charge on any atom is -0.310 e. The third-order valence-electron chi connectivity index (χ3n) is 4.33. The lowest BCUT2D eigenvalue weighted by molar-refractivity contribution is 0.164. The quantitative estimate of drug-likeness (QED) is 0.847. The molecule has 0 bridgehead atoms. The van der Waals surface area contributed by atoms with Gasteiger partial charge in [-0.15, -0.1) is 11.3 Å². The van der Waals surface area contributed by atoms with E-state index in [0.29, 0.717) is 6.04 Å². The van der Waals surface area contributed by atoms with E-state index in [1.165, 1.54) is 42.1 Å².